The second-order valence-corrected chi connectivity index (χ2v) is 8.74. The molecule has 0 saturated heterocycles. The molecule has 0 aromatic carbocycles. The Balaban J connectivity index is -0.0000000950. The molecule has 0 aliphatic carbocycles. The van der Waals surface area contributed by atoms with Crippen LogP contribution in [0.15, 0.2) is 0 Å². The summed E-state index contributed by atoms with van der Waals surface area (Å²) in [6.45, 7) is 27.7. The molecular formula is C28H60Ti. The number of hydrogen-bond donors (Lipinski definition) is 0. The van der Waals surface area contributed by atoms with Crippen molar-refractivity contribution in [2.45, 2.75) is 144 Å². The van der Waals surface area contributed by atoms with Gasteiger partial charge in [0, 0.05) is 0 Å². The van der Waals surface area contributed by atoms with Gasteiger partial charge in [-0.15, -0.1) is 0 Å². The fourth-order valence-electron chi connectivity index (χ4n) is 2.27. The number of hydrogen-bond acceptors (Lipinski definition) is 0. The molecule has 176 valence electrons. The van der Waals surface area contributed by atoms with Gasteiger partial charge in [0.15, 0.2) is 0 Å². The Morgan fingerprint density at radius 1 is 0.448 bits per heavy atom. The van der Waals surface area contributed by atoms with Crippen LogP contribution in [0.2, 0.25) is 0 Å². The van der Waals surface area contributed by atoms with E-state index in [0.29, 0.717) is 11.8 Å². The van der Waals surface area contributed by atoms with Crippen molar-refractivity contribution in [3.63, 3.8) is 0 Å². The van der Waals surface area contributed by atoms with Gasteiger partial charge < -0.3 is 27.7 Å². The maximum atomic E-state index is 3.82. The Bertz CT molecular complexity index is 155. The van der Waals surface area contributed by atoms with Crippen molar-refractivity contribution in [1.82, 2.24) is 0 Å². The Labute approximate surface area is 205 Å². The van der Waals surface area contributed by atoms with Crippen molar-refractivity contribution in [1.29, 1.82) is 0 Å². The SMILES string of the molecule is [CH2-]C(C)C.[CH2-]C(C)C.[CH2-]CCCCCCCCC.[CH2-]CCCCCCCCC.[Ti+4]. The van der Waals surface area contributed by atoms with Crippen LogP contribution in [0.25, 0.3) is 0 Å². The molecule has 0 heterocycles. The van der Waals surface area contributed by atoms with Gasteiger partial charge in [0.1, 0.15) is 0 Å². The van der Waals surface area contributed by atoms with Gasteiger partial charge >= 0.3 is 21.7 Å². The summed E-state index contributed by atoms with van der Waals surface area (Å²) in [4.78, 5) is 0. The summed E-state index contributed by atoms with van der Waals surface area (Å²) in [6, 6.07) is 0. The van der Waals surface area contributed by atoms with Crippen LogP contribution >= 0.6 is 0 Å². The maximum absolute atomic E-state index is 3.82. The normalized spacial score (nSPS) is 9.52. The van der Waals surface area contributed by atoms with Crippen LogP contribution in [0.4, 0.5) is 0 Å². The molecule has 0 rings (SSSR count). The molecule has 0 saturated carbocycles. The van der Waals surface area contributed by atoms with Crippen LogP contribution in [-0.4, -0.2) is 0 Å². The minimum absolute atomic E-state index is 0. The average molecular weight is 445 g/mol. The summed E-state index contributed by atoms with van der Waals surface area (Å²) < 4.78 is 0. The molecule has 0 fully saturated rings. The predicted octanol–water partition coefficient (Wildman–Crippen LogP) is 10.9. The standard InChI is InChI=1S/2C10H21.2C4H9.Ti/c2*1-3-5-7-9-10-8-6-4-2;2*1-4(2)3;/h2*1,3-10H2,2H3;2*4H,1H2,2-3H3;/q4*-1;+4. The van der Waals surface area contributed by atoms with Gasteiger partial charge in [-0.1, -0.05) is 131 Å². The zero-order valence-corrected chi connectivity index (χ0v) is 23.4. The van der Waals surface area contributed by atoms with Crippen molar-refractivity contribution in [2.24, 2.45) is 11.8 Å². The van der Waals surface area contributed by atoms with E-state index in [1.165, 1.54) is 89.9 Å². The third kappa shape index (κ3) is 94.6. The molecular weight excluding hydrogens is 384 g/mol. The van der Waals surface area contributed by atoms with Crippen LogP contribution in [0.5, 0.6) is 0 Å². The summed E-state index contributed by atoms with van der Waals surface area (Å²) in [5.41, 5.74) is 0. The molecule has 1 heteroatoms. The van der Waals surface area contributed by atoms with E-state index in [9.17, 15) is 0 Å². The van der Waals surface area contributed by atoms with Gasteiger partial charge in [-0.2, -0.15) is 24.7 Å². The first-order valence-electron chi connectivity index (χ1n) is 12.5. The van der Waals surface area contributed by atoms with Crippen LogP contribution in [0, 0.1) is 39.5 Å². The van der Waals surface area contributed by atoms with E-state index in [4.69, 9.17) is 0 Å². The van der Waals surface area contributed by atoms with Gasteiger partial charge in [0.2, 0.25) is 0 Å². The quantitative estimate of drug-likeness (QED) is 0.142. The molecule has 0 radical (unpaired) electrons. The Hall–Kier alpha value is 0.714. The largest absolute Gasteiger partial charge is 4.00 e. The molecule has 0 aliphatic rings. The average Bonchev–Trinajstić information content (AvgIpc) is 2.61. The van der Waals surface area contributed by atoms with E-state index in [1.807, 2.05) is 0 Å². The van der Waals surface area contributed by atoms with E-state index in [2.05, 4.69) is 69.2 Å². The van der Waals surface area contributed by atoms with E-state index >= 15 is 0 Å². The van der Waals surface area contributed by atoms with Crippen molar-refractivity contribution < 1.29 is 21.7 Å². The molecule has 0 aliphatic heterocycles. The van der Waals surface area contributed by atoms with Crippen molar-refractivity contribution in [3.8, 4) is 0 Å². The van der Waals surface area contributed by atoms with E-state index < -0.39 is 0 Å². The molecule has 0 nitrogen and oxygen atoms in total. The molecule has 0 aromatic heterocycles. The van der Waals surface area contributed by atoms with Gasteiger partial charge in [-0.25, -0.2) is 0 Å². The Morgan fingerprint density at radius 2 is 0.621 bits per heavy atom. The van der Waals surface area contributed by atoms with Crippen LogP contribution in [0.3, 0.4) is 0 Å². The topological polar surface area (TPSA) is 0 Å². The van der Waals surface area contributed by atoms with Crippen LogP contribution < -0.4 is 0 Å². The van der Waals surface area contributed by atoms with E-state index in [0.717, 1.165) is 12.8 Å². The molecule has 0 N–H and O–H groups in total. The maximum Gasteiger partial charge on any atom is 4.00 e. The monoisotopic (exact) mass is 444 g/mol. The first kappa shape index (κ1) is 40.1. The summed E-state index contributed by atoms with van der Waals surface area (Å²) in [5, 5.41) is 0. The van der Waals surface area contributed by atoms with E-state index in [-0.39, 0.29) is 21.7 Å². The van der Waals surface area contributed by atoms with Gasteiger partial charge in [0.05, 0.1) is 0 Å². The smallest absolute Gasteiger partial charge is 0.343 e. The van der Waals surface area contributed by atoms with Crippen LogP contribution in [-0.2, 0) is 21.7 Å². The summed E-state index contributed by atoms with van der Waals surface area (Å²) >= 11 is 0. The zero-order valence-electron chi connectivity index (χ0n) is 21.8. The Kier molecular flexibility index (Phi) is 59.1. The minimum Gasteiger partial charge on any atom is -0.343 e. The molecule has 0 spiro atoms. The van der Waals surface area contributed by atoms with E-state index in [1.54, 1.807) is 0 Å². The first-order valence-corrected chi connectivity index (χ1v) is 12.5. The molecule has 29 heavy (non-hydrogen) atoms. The summed E-state index contributed by atoms with van der Waals surface area (Å²) in [5.74, 6) is 1.17. The molecule has 0 atom stereocenters. The third-order valence-corrected chi connectivity index (χ3v) is 3.71. The van der Waals surface area contributed by atoms with Crippen LogP contribution in [0.1, 0.15) is 144 Å². The second kappa shape index (κ2) is 42.7. The molecule has 0 aromatic rings. The molecule has 0 bridgehead atoms. The first-order chi connectivity index (χ1) is 13.3. The summed E-state index contributed by atoms with van der Waals surface area (Å²) in [6.07, 6.45) is 21.8. The second-order valence-electron chi connectivity index (χ2n) is 8.74. The third-order valence-electron chi connectivity index (χ3n) is 3.71. The minimum atomic E-state index is 0. The Morgan fingerprint density at radius 3 is 0.793 bits per heavy atom. The molecule has 0 unspecified atom stereocenters. The van der Waals surface area contributed by atoms with Gasteiger partial charge in [-0.3, -0.25) is 0 Å². The fraction of sp³-hybridized carbons (Fsp3) is 0.857. The number of unbranched alkanes of at least 4 members (excludes halogenated alkanes) is 14. The van der Waals surface area contributed by atoms with Crippen molar-refractivity contribution in [2.75, 3.05) is 0 Å². The fourth-order valence-corrected chi connectivity index (χ4v) is 2.27. The van der Waals surface area contributed by atoms with Gasteiger partial charge in [-0.05, 0) is 0 Å². The zero-order chi connectivity index (χ0) is 22.5. The van der Waals surface area contributed by atoms with Crippen molar-refractivity contribution >= 4 is 0 Å². The number of rotatable bonds is 14. The molecule has 0 amide bonds. The van der Waals surface area contributed by atoms with Crippen molar-refractivity contribution in [3.05, 3.63) is 27.7 Å². The predicted molar refractivity (Wildman–Crippen MR) is 136 cm³/mol. The summed E-state index contributed by atoms with van der Waals surface area (Å²) in [7, 11) is 0. The van der Waals surface area contributed by atoms with Gasteiger partial charge in [0.25, 0.3) is 0 Å².